The van der Waals surface area contributed by atoms with Gasteiger partial charge < -0.3 is 20.4 Å². The van der Waals surface area contributed by atoms with Gasteiger partial charge in [0.05, 0.1) is 18.2 Å². The molecule has 0 unspecified atom stereocenters. The number of benzene rings is 1. The van der Waals surface area contributed by atoms with E-state index in [1.165, 1.54) is 25.3 Å². The van der Waals surface area contributed by atoms with Crippen LogP contribution in [0.4, 0.5) is 0 Å². The van der Waals surface area contributed by atoms with Gasteiger partial charge in [0.2, 0.25) is 0 Å². The van der Waals surface area contributed by atoms with E-state index >= 15 is 0 Å². The number of aromatic nitrogens is 1. The average molecular weight is 364 g/mol. The summed E-state index contributed by atoms with van der Waals surface area (Å²) in [4.78, 5) is 21.1. The number of nitrogens with zero attached hydrogens (tertiary/aromatic N) is 2. The molecule has 132 valence electrons. The highest BCUT2D eigenvalue weighted by Gasteiger charge is 2.16. The summed E-state index contributed by atoms with van der Waals surface area (Å²) in [7, 11) is 1.37. The van der Waals surface area contributed by atoms with Crippen molar-refractivity contribution in [3.05, 3.63) is 51.3 Å². The molecule has 2 aromatic rings. The summed E-state index contributed by atoms with van der Waals surface area (Å²) in [6, 6.07) is 4.03. The third-order valence-corrected chi connectivity index (χ3v) is 4.12. The number of amidine groups is 1. The minimum atomic E-state index is -0.758. The number of hydrogen-bond acceptors (Lipinski definition) is 6. The number of halogens is 1. The second-order valence-electron chi connectivity index (χ2n) is 5.35. The normalized spacial score (nSPS) is 11.3. The molecule has 3 N–H and O–H groups in total. The Kier molecular flexibility index (Phi) is 5.48. The number of phenolic OH excluding ortho intramolecular Hbond substituents is 1. The van der Waals surface area contributed by atoms with Crippen molar-refractivity contribution in [1.29, 1.82) is 0 Å². The minimum Gasteiger partial charge on any atom is -0.504 e. The van der Waals surface area contributed by atoms with Gasteiger partial charge >= 0.3 is 5.97 Å². The fourth-order valence-corrected chi connectivity index (χ4v) is 2.56. The largest absolute Gasteiger partial charge is 0.504 e. The molecule has 0 spiro atoms. The Morgan fingerprint density at radius 2 is 1.96 bits per heavy atom. The summed E-state index contributed by atoms with van der Waals surface area (Å²) in [5.41, 5.74) is 8.98. The lowest BCUT2D eigenvalue weighted by Gasteiger charge is -2.11. The Morgan fingerprint density at radius 1 is 1.28 bits per heavy atom. The van der Waals surface area contributed by atoms with E-state index in [-0.39, 0.29) is 28.1 Å². The second kappa shape index (κ2) is 7.40. The van der Waals surface area contributed by atoms with Gasteiger partial charge in [-0.25, -0.2) is 9.78 Å². The fourth-order valence-electron chi connectivity index (χ4n) is 2.19. The fraction of sp³-hybridized carbons (Fsp3) is 0.235. The van der Waals surface area contributed by atoms with Crippen molar-refractivity contribution in [2.24, 2.45) is 10.9 Å². The number of aromatic hydroxyl groups is 1. The van der Waals surface area contributed by atoms with Crippen LogP contribution in [0.15, 0.2) is 23.4 Å². The van der Waals surface area contributed by atoms with Crippen LogP contribution < -0.4 is 10.5 Å². The predicted molar refractivity (Wildman–Crippen MR) is 94.3 cm³/mol. The van der Waals surface area contributed by atoms with Crippen LogP contribution in [0.1, 0.15) is 32.7 Å². The summed E-state index contributed by atoms with van der Waals surface area (Å²) in [5, 5.41) is 13.4. The number of methoxy groups -OCH3 is 1. The van der Waals surface area contributed by atoms with E-state index in [9.17, 15) is 9.90 Å². The average Bonchev–Trinajstić information content (AvgIpc) is 2.58. The molecular weight excluding hydrogens is 346 g/mol. The number of carbonyl (C=O) groups excluding carboxylic acids is 1. The molecule has 1 aromatic carbocycles. The van der Waals surface area contributed by atoms with Crippen LogP contribution in [0.5, 0.6) is 11.5 Å². The second-order valence-corrected chi connectivity index (χ2v) is 5.71. The molecule has 0 atom stereocenters. The third-order valence-electron chi connectivity index (χ3n) is 3.85. The van der Waals surface area contributed by atoms with Crippen molar-refractivity contribution >= 4 is 23.4 Å². The zero-order valence-electron chi connectivity index (χ0n) is 14.3. The van der Waals surface area contributed by atoms with E-state index in [2.05, 4.69) is 10.1 Å². The topological polar surface area (TPSA) is 107 Å². The smallest absolute Gasteiger partial charge is 0.365 e. The molecule has 1 heterocycles. The number of oxime groups is 1. The maximum Gasteiger partial charge on any atom is 0.365 e. The first kappa shape index (κ1) is 18.5. The van der Waals surface area contributed by atoms with Gasteiger partial charge in [-0.2, -0.15) is 0 Å². The van der Waals surface area contributed by atoms with Gasteiger partial charge in [-0.3, -0.25) is 0 Å². The Bertz CT molecular complexity index is 865. The van der Waals surface area contributed by atoms with Gasteiger partial charge in [-0.15, -0.1) is 0 Å². The number of rotatable bonds is 4. The molecule has 0 saturated heterocycles. The standard InChI is InChI=1S/C17H18ClN3O4/c1-8-9(2)14(15(18)20-10(8)3)16(19)21-25-17(23)11-5-6-12(22)13(7-11)24-4/h5-7,22H,1-4H3,(H2,19,21). The predicted octanol–water partition coefficient (Wildman–Crippen LogP) is 2.85. The highest BCUT2D eigenvalue weighted by atomic mass is 35.5. The summed E-state index contributed by atoms with van der Waals surface area (Å²) in [6.45, 7) is 5.56. The van der Waals surface area contributed by atoms with E-state index < -0.39 is 5.97 Å². The first-order chi connectivity index (χ1) is 11.8. The molecule has 0 fully saturated rings. The number of nitrogens with two attached hydrogens (primary N) is 1. The number of pyridine rings is 1. The van der Waals surface area contributed by atoms with Crippen LogP contribution in [0, 0.1) is 20.8 Å². The van der Waals surface area contributed by atoms with Crippen molar-refractivity contribution in [3.63, 3.8) is 0 Å². The van der Waals surface area contributed by atoms with E-state index in [0.29, 0.717) is 5.56 Å². The van der Waals surface area contributed by atoms with Crippen LogP contribution >= 0.6 is 11.6 Å². The van der Waals surface area contributed by atoms with E-state index in [4.69, 9.17) is 26.9 Å². The van der Waals surface area contributed by atoms with Gasteiger partial charge in [0.25, 0.3) is 0 Å². The number of aryl methyl sites for hydroxylation is 1. The lowest BCUT2D eigenvalue weighted by Crippen LogP contribution is -2.19. The van der Waals surface area contributed by atoms with Crippen molar-refractivity contribution in [3.8, 4) is 11.5 Å². The molecule has 8 heteroatoms. The molecule has 0 bridgehead atoms. The Hall–Kier alpha value is -2.80. The van der Waals surface area contributed by atoms with Gasteiger partial charge in [0.15, 0.2) is 17.3 Å². The number of ether oxygens (including phenoxy) is 1. The summed E-state index contributed by atoms with van der Waals surface area (Å²) in [5.74, 6) is -0.765. The number of phenols is 1. The summed E-state index contributed by atoms with van der Waals surface area (Å²) >= 11 is 6.13. The molecular formula is C17H18ClN3O4. The van der Waals surface area contributed by atoms with E-state index in [0.717, 1.165) is 16.8 Å². The molecule has 0 saturated carbocycles. The molecule has 0 aliphatic carbocycles. The Balaban J connectivity index is 2.27. The summed E-state index contributed by atoms with van der Waals surface area (Å²) in [6.07, 6.45) is 0. The van der Waals surface area contributed by atoms with Gasteiger partial charge in [-0.05, 0) is 50.1 Å². The van der Waals surface area contributed by atoms with Gasteiger partial charge in [0.1, 0.15) is 5.15 Å². The quantitative estimate of drug-likeness (QED) is 0.284. The first-order valence-corrected chi connectivity index (χ1v) is 7.69. The molecule has 1 aromatic heterocycles. The molecule has 2 rings (SSSR count). The van der Waals surface area contributed by atoms with Crippen molar-refractivity contribution in [2.75, 3.05) is 7.11 Å². The van der Waals surface area contributed by atoms with Gasteiger partial charge in [-0.1, -0.05) is 16.8 Å². The Labute approximate surface area is 150 Å². The minimum absolute atomic E-state index is 0.0582. The number of hydrogen-bond donors (Lipinski definition) is 2. The zero-order valence-corrected chi connectivity index (χ0v) is 15.0. The van der Waals surface area contributed by atoms with Crippen LogP contribution in [-0.4, -0.2) is 29.0 Å². The SMILES string of the molecule is COc1cc(C(=O)O/N=C(\N)c2c(Cl)nc(C)c(C)c2C)ccc1O. The van der Waals surface area contributed by atoms with Crippen molar-refractivity contribution in [1.82, 2.24) is 4.98 Å². The maximum absolute atomic E-state index is 12.1. The van der Waals surface area contributed by atoms with Crippen LogP contribution in [0.25, 0.3) is 0 Å². The molecule has 0 amide bonds. The van der Waals surface area contributed by atoms with Crippen LogP contribution in [-0.2, 0) is 4.84 Å². The third kappa shape index (κ3) is 3.83. The van der Waals surface area contributed by atoms with Crippen LogP contribution in [0.3, 0.4) is 0 Å². The van der Waals surface area contributed by atoms with Crippen molar-refractivity contribution < 1.29 is 19.5 Å². The van der Waals surface area contributed by atoms with Crippen LogP contribution in [0.2, 0.25) is 5.15 Å². The van der Waals surface area contributed by atoms with E-state index in [1.54, 1.807) is 0 Å². The molecule has 0 radical (unpaired) electrons. The monoisotopic (exact) mass is 363 g/mol. The Morgan fingerprint density at radius 3 is 2.60 bits per heavy atom. The molecule has 25 heavy (non-hydrogen) atoms. The lowest BCUT2D eigenvalue weighted by molar-refractivity contribution is 0.0515. The molecule has 7 nitrogen and oxygen atoms in total. The molecule has 0 aliphatic heterocycles. The van der Waals surface area contributed by atoms with E-state index in [1.807, 2.05) is 20.8 Å². The lowest BCUT2D eigenvalue weighted by atomic mass is 10.0. The highest BCUT2D eigenvalue weighted by Crippen LogP contribution is 2.27. The van der Waals surface area contributed by atoms with Crippen molar-refractivity contribution in [2.45, 2.75) is 20.8 Å². The molecule has 0 aliphatic rings. The summed E-state index contributed by atoms with van der Waals surface area (Å²) < 4.78 is 4.94. The zero-order chi connectivity index (χ0) is 18.7. The van der Waals surface area contributed by atoms with Gasteiger partial charge in [0, 0.05) is 5.69 Å². The maximum atomic E-state index is 12.1. The highest BCUT2D eigenvalue weighted by molar-refractivity contribution is 6.33. The number of carbonyl (C=O) groups is 1. The first-order valence-electron chi connectivity index (χ1n) is 7.31.